The van der Waals surface area contributed by atoms with Crippen LogP contribution in [0.15, 0.2) is 18.6 Å². The minimum atomic E-state index is -3.14. The van der Waals surface area contributed by atoms with Crippen LogP contribution in [0, 0.1) is 6.92 Å². The molecule has 1 amide bonds. The van der Waals surface area contributed by atoms with E-state index < -0.39 is 9.84 Å². The third kappa shape index (κ3) is 2.88. The summed E-state index contributed by atoms with van der Waals surface area (Å²) in [7, 11) is -3.14. The average Bonchev–Trinajstić information content (AvgIpc) is 3.14. The number of amides is 1. The summed E-state index contributed by atoms with van der Waals surface area (Å²) in [5.74, 6) is -0.0113. The fourth-order valence-corrected chi connectivity index (χ4v) is 6.13. The molecule has 2 saturated heterocycles. The first kappa shape index (κ1) is 17.4. The molecular formula is C17H23N5O3S. The Labute approximate surface area is 152 Å². The zero-order valence-electron chi connectivity index (χ0n) is 15.0. The molecule has 4 heterocycles. The van der Waals surface area contributed by atoms with Crippen molar-refractivity contribution in [1.82, 2.24) is 24.4 Å². The van der Waals surface area contributed by atoms with Crippen LogP contribution in [0.1, 0.15) is 29.3 Å². The predicted molar refractivity (Wildman–Crippen MR) is 96.9 cm³/mol. The lowest BCUT2D eigenvalue weighted by atomic mass is 10.0. The second kappa shape index (κ2) is 6.31. The highest BCUT2D eigenvalue weighted by Gasteiger charge is 2.48. The Morgan fingerprint density at radius 2 is 2.00 bits per heavy atom. The van der Waals surface area contributed by atoms with Gasteiger partial charge in [0.1, 0.15) is 5.56 Å². The molecule has 0 N–H and O–H groups in total. The van der Waals surface area contributed by atoms with E-state index in [4.69, 9.17) is 0 Å². The maximum atomic E-state index is 13.2. The Balaban J connectivity index is 1.67. The van der Waals surface area contributed by atoms with Gasteiger partial charge in [0.15, 0.2) is 15.5 Å². The second-order valence-corrected chi connectivity index (χ2v) is 9.36. The van der Waals surface area contributed by atoms with Gasteiger partial charge in [-0.3, -0.25) is 9.69 Å². The van der Waals surface area contributed by atoms with Crippen molar-refractivity contribution in [3.8, 4) is 0 Å². The van der Waals surface area contributed by atoms with E-state index in [0.29, 0.717) is 24.3 Å². The van der Waals surface area contributed by atoms with Crippen LogP contribution in [0.5, 0.6) is 0 Å². The SMILES string of the molecule is CCCN1CCN(C(=O)c2cnn3cc(C)cnc23)[C@H]2CS(=O)(=O)C[C@H]21. The molecule has 9 heteroatoms. The number of carbonyl (C=O) groups is 1. The number of nitrogens with zero attached hydrogens (tertiary/aromatic N) is 5. The lowest BCUT2D eigenvalue weighted by Crippen LogP contribution is -2.60. The number of sulfone groups is 1. The van der Waals surface area contributed by atoms with Crippen molar-refractivity contribution in [2.45, 2.75) is 32.4 Å². The summed E-state index contributed by atoms with van der Waals surface area (Å²) in [4.78, 5) is 21.5. The Morgan fingerprint density at radius 3 is 2.77 bits per heavy atom. The van der Waals surface area contributed by atoms with E-state index in [0.717, 1.165) is 18.5 Å². The van der Waals surface area contributed by atoms with Gasteiger partial charge >= 0.3 is 0 Å². The number of aryl methyl sites for hydroxylation is 1. The third-order valence-electron chi connectivity index (χ3n) is 5.28. The van der Waals surface area contributed by atoms with Gasteiger partial charge in [0, 0.05) is 31.5 Å². The first-order chi connectivity index (χ1) is 12.4. The lowest BCUT2D eigenvalue weighted by Gasteiger charge is -2.43. The van der Waals surface area contributed by atoms with Crippen LogP contribution in [0.4, 0.5) is 0 Å². The molecule has 4 rings (SSSR count). The van der Waals surface area contributed by atoms with E-state index in [1.54, 1.807) is 15.6 Å². The van der Waals surface area contributed by atoms with Gasteiger partial charge in [0.05, 0.1) is 23.7 Å². The molecule has 0 aliphatic carbocycles. The number of hydrogen-bond acceptors (Lipinski definition) is 6. The average molecular weight is 377 g/mol. The fourth-order valence-electron chi connectivity index (χ4n) is 4.12. The summed E-state index contributed by atoms with van der Waals surface area (Å²) in [5, 5.41) is 4.23. The van der Waals surface area contributed by atoms with E-state index in [1.807, 2.05) is 13.1 Å². The molecule has 0 bridgehead atoms. The summed E-state index contributed by atoms with van der Waals surface area (Å²) in [6, 6.07) is -0.414. The number of fused-ring (bicyclic) bond motifs is 2. The fraction of sp³-hybridized carbons (Fsp3) is 0.588. The van der Waals surface area contributed by atoms with Gasteiger partial charge < -0.3 is 4.90 Å². The van der Waals surface area contributed by atoms with E-state index in [1.165, 1.54) is 6.20 Å². The van der Waals surface area contributed by atoms with Crippen molar-refractivity contribution in [1.29, 1.82) is 0 Å². The van der Waals surface area contributed by atoms with Gasteiger partial charge in [-0.25, -0.2) is 17.9 Å². The molecule has 2 aliphatic rings. The summed E-state index contributed by atoms with van der Waals surface area (Å²) in [6.07, 6.45) is 6.02. The molecule has 0 aromatic carbocycles. The molecule has 0 spiro atoms. The molecule has 2 aliphatic heterocycles. The number of aromatic nitrogens is 3. The quantitative estimate of drug-likeness (QED) is 0.768. The van der Waals surface area contributed by atoms with E-state index >= 15 is 0 Å². The monoisotopic (exact) mass is 377 g/mol. The van der Waals surface area contributed by atoms with Crippen LogP contribution in [0.25, 0.3) is 5.65 Å². The Bertz CT molecular complexity index is 954. The van der Waals surface area contributed by atoms with Crippen molar-refractivity contribution in [3.63, 3.8) is 0 Å². The van der Waals surface area contributed by atoms with Crippen LogP contribution >= 0.6 is 0 Å². The molecular weight excluding hydrogens is 354 g/mol. The van der Waals surface area contributed by atoms with Gasteiger partial charge in [0.25, 0.3) is 5.91 Å². The molecule has 2 fully saturated rings. The smallest absolute Gasteiger partial charge is 0.259 e. The zero-order valence-corrected chi connectivity index (χ0v) is 15.8. The minimum absolute atomic E-state index is 0.0371. The molecule has 0 radical (unpaired) electrons. The molecule has 8 nitrogen and oxygen atoms in total. The summed E-state index contributed by atoms with van der Waals surface area (Å²) in [6.45, 7) is 6.08. The summed E-state index contributed by atoms with van der Waals surface area (Å²) < 4.78 is 26.1. The van der Waals surface area contributed by atoms with Crippen molar-refractivity contribution >= 4 is 21.4 Å². The maximum Gasteiger partial charge on any atom is 0.259 e. The molecule has 2 aromatic rings. The van der Waals surface area contributed by atoms with Gasteiger partial charge in [-0.1, -0.05) is 6.92 Å². The maximum absolute atomic E-state index is 13.2. The van der Waals surface area contributed by atoms with Crippen LogP contribution in [0.2, 0.25) is 0 Å². The van der Waals surface area contributed by atoms with Crippen LogP contribution in [0.3, 0.4) is 0 Å². The number of rotatable bonds is 3. The Hall–Kier alpha value is -2.00. The van der Waals surface area contributed by atoms with Crippen molar-refractivity contribution in [3.05, 3.63) is 29.7 Å². The topological polar surface area (TPSA) is 87.9 Å². The van der Waals surface area contributed by atoms with E-state index in [9.17, 15) is 13.2 Å². The summed E-state index contributed by atoms with van der Waals surface area (Å²) in [5.41, 5.74) is 1.89. The van der Waals surface area contributed by atoms with Crippen LogP contribution in [-0.2, 0) is 9.84 Å². The molecule has 0 unspecified atom stereocenters. The third-order valence-corrected chi connectivity index (χ3v) is 6.98. The number of carbonyl (C=O) groups excluding carboxylic acids is 1. The van der Waals surface area contributed by atoms with Crippen LogP contribution in [-0.4, -0.2) is 81.9 Å². The zero-order chi connectivity index (χ0) is 18.5. The van der Waals surface area contributed by atoms with Gasteiger partial charge in [0.2, 0.25) is 0 Å². The Morgan fingerprint density at radius 1 is 1.23 bits per heavy atom. The van der Waals surface area contributed by atoms with E-state index in [2.05, 4.69) is 21.9 Å². The second-order valence-electron chi connectivity index (χ2n) is 7.20. The first-order valence-electron chi connectivity index (χ1n) is 8.95. The molecule has 26 heavy (non-hydrogen) atoms. The normalized spacial score (nSPS) is 25.5. The van der Waals surface area contributed by atoms with E-state index in [-0.39, 0.29) is 29.5 Å². The van der Waals surface area contributed by atoms with Crippen LogP contribution < -0.4 is 0 Å². The molecule has 2 atom stereocenters. The largest absolute Gasteiger partial charge is 0.332 e. The molecule has 2 aromatic heterocycles. The predicted octanol–water partition coefficient (Wildman–Crippen LogP) is 0.371. The lowest BCUT2D eigenvalue weighted by molar-refractivity contribution is 0.0334. The molecule has 0 saturated carbocycles. The highest BCUT2D eigenvalue weighted by atomic mass is 32.2. The standard InChI is InChI=1S/C17H23N5O3S/c1-3-4-20-5-6-21(15-11-26(24,25)10-14(15)20)17(23)13-8-19-22-9-12(2)7-18-16(13)22/h7-9,14-15H,3-6,10-11H2,1-2H3/t14-,15+/m1/s1. The summed E-state index contributed by atoms with van der Waals surface area (Å²) >= 11 is 0. The van der Waals surface area contributed by atoms with Gasteiger partial charge in [-0.05, 0) is 25.5 Å². The molecule has 140 valence electrons. The Kier molecular flexibility index (Phi) is 4.23. The van der Waals surface area contributed by atoms with Gasteiger partial charge in [-0.2, -0.15) is 5.10 Å². The first-order valence-corrected chi connectivity index (χ1v) is 10.8. The highest BCUT2D eigenvalue weighted by molar-refractivity contribution is 7.91. The van der Waals surface area contributed by atoms with Crippen molar-refractivity contribution in [2.75, 3.05) is 31.1 Å². The van der Waals surface area contributed by atoms with Gasteiger partial charge in [-0.15, -0.1) is 0 Å². The number of hydrogen-bond donors (Lipinski definition) is 0. The highest BCUT2D eigenvalue weighted by Crippen LogP contribution is 2.28. The van der Waals surface area contributed by atoms with Crippen molar-refractivity contribution in [2.24, 2.45) is 0 Å². The minimum Gasteiger partial charge on any atom is -0.332 e. The number of piperazine rings is 1. The van der Waals surface area contributed by atoms with Crippen molar-refractivity contribution < 1.29 is 13.2 Å².